The molecule has 3 rings (SSSR count). The molecular formula is C18H17N5O6S. The minimum absolute atomic E-state index is 0.0367. The van der Waals surface area contributed by atoms with Crippen LogP contribution in [0.15, 0.2) is 47.1 Å². The smallest absolute Gasteiger partial charge is 0.270 e. The summed E-state index contributed by atoms with van der Waals surface area (Å²) in [4.78, 5) is 48.2. The van der Waals surface area contributed by atoms with Gasteiger partial charge in [0.1, 0.15) is 5.76 Å². The molecule has 1 atom stereocenters. The summed E-state index contributed by atoms with van der Waals surface area (Å²) in [6.45, 7) is 0.501. The average molecular weight is 431 g/mol. The molecule has 1 fully saturated rings. The topological polar surface area (TPSA) is 147 Å². The number of nitrogens with one attached hydrogen (secondary N) is 3. The molecule has 1 aliphatic heterocycles. The molecule has 1 saturated heterocycles. The average Bonchev–Trinajstić information content (AvgIpc) is 3.36. The van der Waals surface area contributed by atoms with Crippen molar-refractivity contribution in [3.8, 4) is 0 Å². The molecule has 1 aromatic carbocycles. The fourth-order valence-corrected chi connectivity index (χ4v) is 3.02. The molecule has 30 heavy (non-hydrogen) atoms. The van der Waals surface area contributed by atoms with Crippen molar-refractivity contribution in [1.29, 1.82) is 0 Å². The molecule has 0 spiro atoms. The van der Waals surface area contributed by atoms with Gasteiger partial charge in [-0.15, -0.1) is 0 Å². The summed E-state index contributed by atoms with van der Waals surface area (Å²) in [5, 5.41) is 12.9. The highest BCUT2D eigenvalue weighted by molar-refractivity contribution is 7.80. The van der Waals surface area contributed by atoms with Gasteiger partial charge in [0.15, 0.2) is 5.11 Å². The summed E-state index contributed by atoms with van der Waals surface area (Å²) in [7, 11) is 0. The Morgan fingerprint density at radius 3 is 2.77 bits per heavy atom. The zero-order valence-corrected chi connectivity index (χ0v) is 16.3. The summed E-state index contributed by atoms with van der Waals surface area (Å²) in [6.07, 6.45) is 1.55. The molecule has 12 heteroatoms. The van der Waals surface area contributed by atoms with Crippen LogP contribution in [0.3, 0.4) is 0 Å². The van der Waals surface area contributed by atoms with Gasteiger partial charge in [-0.05, 0) is 30.4 Å². The first-order valence-corrected chi connectivity index (χ1v) is 9.20. The lowest BCUT2D eigenvalue weighted by Gasteiger charge is -2.16. The number of nitro benzene ring substituents is 1. The van der Waals surface area contributed by atoms with Gasteiger partial charge in [0, 0.05) is 30.7 Å². The van der Waals surface area contributed by atoms with Crippen molar-refractivity contribution in [2.75, 3.05) is 6.54 Å². The zero-order chi connectivity index (χ0) is 21.7. The molecule has 3 N–H and O–H groups in total. The van der Waals surface area contributed by atoms with E-state index in [9.17, 15) is 24.5 Å². The van der Waals surface area contributed by atoms with Gasteiger partial charge in [-0.3, -0.25) is 40.7 Å². The summed E-state index contributed by atoms with van der Waals surface area (Å²) in [6, 6.07) is 8.58. The zero-order valence-electron chi connectivity index (χ0n) is 15.5. The van der Waals surface area contributed by atoms with E-state index in [1.165, 1.54) is 29.4 Å². The van der Waals surface area contributed by atoms with Crippen LogP contribution in [0.1, 0.15) is 22.5 Å². The van der Waals surface area contributed by atoms with Crippen LogP contribution < -0.4 is 16.2 Å². The quantitative estimate of drug-likeness (QED) is 0.359. The molecule has 1 unspecified atom stereocenters. The van der Waals surface area contributed by atoms with Gasteiger partial charge in [0.2, 0.25) is 11.8 Å². The van der Waals surface area contributed by atoms with Gasteiger partial charge < -0.3 is 9.32 Å². The van der Waals surface area contributed by atoms with Gasteiger partial charge in [-0.1, -0.05) is 6.07 Å². The molecule has 1 aliphatic rings. The van der Waals surface area contributed by atoms with Crippen LogP contribution in [0.25, 0.3) is 0 Å². The normalized spacial score (nSPS) is 15.5. The molecule has 2 heterocycles. The van der Waals surface area contributed by atoms with E-state index in [1.807, 2.05) is 0 Å². The van der Waals surface area contributed by atoms with E-state index in [4.69, 9.17) is 16.6 Å². The predicted octanol–water partition coefficient (Wildman–Crippen LogP) is 0.872. The van der Waals surface area contributed by atoms with Gasteiger partial charge >= 0.3 is 0 Å². The summed E-state index contributed by atoms with van der Waals surface area (Å²) >= 11 is 4.95. The highest BCUT2D eigenvalue weighted by Gasteiger charge is 2.34. The number of carbonyl (C=O) groups is 3. The monoisotopic (exact) mass is 431 g/mol. The molecule has 0 radical (unpaired) electrons. The lowest BCUT2D eigenvalue weighted by atomic mass is 10.1. The van der Waals surface area contributed by atoms with Crippen LogP contribution in [0, 0.1) is 16.0 Å². The van der Waals surface area contributed by atoms with Crippen molar-refractivity contribution < 1.29 is 23.7 Å². The standard InChI is InChI=1S/C18H17N5O6S/c24-15-8-12(9-22(15)10-14-5-2-6-29-14)17(26)20-21-18(30)19-16(25)11-3-1-4-13(7-11)23(27)28/h1-7,12H,8-10H2,(H,20,26)(H2,19,21,25,30). The van der Waals surface area contributed by atoms with E-state index in [0.717, 1.165) is 6.07 Å². The molecule has 156 valence electrons. The Kier molecular flexibility index (Phi) is 6.37. The second-order valence-corrected chi connectivity index (χ2v) is 6.87. The van der Waals surface area contributed by atoms with E-state index < -0.39 is 22.7 Å². The maximum absolute atomic E-state index is 12.3. The third-order valence-electron chi connectivity index (χ3n) is 4.36. The number of benzene rings is 1. The minimum atomic E-state index is -0.675. The van der Waals surface area contributed by atoms with Crippen molar-refractivity contribution in [3.05, 3.63) is 64.1 Å². The van der Waals surface area contributed by atoms with Crippen molar-refractivity contribution in [2.24, 2.45) is 5.92 Å². The van der Waals surface area contributed by atoms with Crippen LogP contribution in [-0.2, 0) is 16.1 Å². The van der Waals surface area contributed by atoms with Gasteiger partial charge in [0.25, 0.3) is 11.6 Å². The molecule has 11 nitrogen and oxygen atoms in total. The van der Waals surface area contributed by atoms with Gasteiger partial charge in [0.05, 0.1) is 23.6 Å². The summed E-state index contributed by atoms with van der Waals surface area (Å²) in [5.74, 6) is -1.28. The van der Waals surface area contributed by atoms with Crippen LogP contribution in [0.4, 0.5) is 5.69 Å². The van der Waals surface area contributed by atoms with E-state index in [1.54, 1.807) is 12.1 Å². The van der Waals surface area contributed by atoms with Crippen molar-refractivity contribution >= 4 is 40.7 Å². The third kappa shape index (κ3) is 5.17. The number of non-ortho nitro benzene ring substituents is 1. The predicted molar refractivity (Wildman–Crippen MR) is 107 cm³/mol. The molecule has 0 bridgehead atoms. The van der Waals surface area contributed by atoms with Crippen molar-refractivity contribution in [2.45, 2.75) is 13.0 Å². The first-order valence-electron chi connectivity index (χ1n) is 8.79. The maximum Gasteiger partial charge on any atom is 0.270 e. The lowest BCUT2D eigenvalue weighted by Crippen LogP contribution is -2.50. The number of carbonyl (C=O) groups excluding carboxylic acids is 3. The Morgan fingerprint density at radius 2 is 2.07 bits per heavy atom. The number of thiocarbonyl (C=S) groups is 1. The first-order chi connectivity index (χ1) is 14.3. The lowest BCUT2D eigenvalue weighted by molar-refractivity contribution is -0.384. The number of nitro groups is 1. The van der Waals surface area contributed by atoms with Crippen molar-refractivity contribution in [1.82, 2.24) is 21.1 Å². The summed E-state index contributed by atoms with van der Waals surface area (Å²) < 4.78 is 5.21. The SMILES string of the molecule is O=C(NC(=S)NNC(=O)C1CC(=O)N(Cc2ccco2)C1)c1cccc([N+](=O)[O-])c1. The number of hydrazine groups is 1. The fraction of sp³-hybridized carbons (Fsp3) is 0.222. The third-order valence-corrected chi connectivity index (χ3v) is 4.56. The number of hydrogen-bond acceptors (Lipinski definition) is 7. The Bertz CT molecular complexity index is 993. The fourth-order valence-electron chi connectivity index (χ4n) is 2.88. The molecule has 1 aromatic heterocycles. The van der Waals surface area contributed by atoms with E-state index >= 15 is 0 Å². The molecule has 3 amide bonds. The number of hydrogen-bond donors (Lipinski definition) is 3. The highest BCUT2D eigenvalue weighted by atomic mass is 32.1. The Hall–Kier alpha value is -3.80. The number of nitrogens with zero attached hydrogens (tertiary/aromatic N) is 2. The minimum Gasteiger partial charge on any atom is -0.467 e. The number of amides is 3. The van der Waals surface area contributed by atoms with E-state index in [2.05, 4.69) is 16.2 Å². The van der Waals surface area contributed by atoms with E-state index in [0.29, 0.717) is 5.76 Å². The van der Waals surface area contributed by atoms with E-state index in [-0.39, 0.29) is 41.8 Å². The first kappa shape index (κ1) is 20.9. The molecule has 0 aliphatic carbocycles. The van der Waals surface area contributed by atoms with Crippen LogP contribution in [0.5, 0.6) is 0 Å². The second kappa shape index (κ2) is 9.13. The number of likely N-dealkylation sites (tertiary alicyclic amines) is 1. The maximum atomic E-state index is 12.3. The highest BCUT2D eigenvalue weighted by Crippen LogP contribution is 2.20. The molecule has 2 aromatic rings. The van der Waals surface area contributed by atoms with Crippen molar-refractivity contribution in [3.63, 3.8) is 0 Å². The second-order valence-electron chi connectivity index (χ2n) is 6.46. The van der Waals surface area contributed by atoms with Crippen LogP contribution in [0.2, 0.25) is 0 Å². The Labute approximate surface area is 175 Å². The molecular weight excluding hydrogens is 414 g/mol. The largest absolute Gasteiger partial charge is 0.467 e. The van der Waals surface area contributed by atoms with Crippen LogP contribution >= 0.6 is 12.2 Å². The number of furan rings is 1. The van der Waals surface area contributed by atoms with Gasteiger partial charge in [-0.2, -0.15) is 0 Å². The Morgan fingerprint density at radius 1 is 1.27 bits per heavy atom. The molecule has 0 saturated carbocycles. The van der Waals surface area contributed by atoms with Gasteiger partial charge in [-0.25, -0.2) is 0 Å². The van der Waals surface area contributed by atoms with Crippen LogP contribution in [-0.4, -0.2) is 39.2 Å². The number of rotatable bonds is 5. The Balaban J connectivity index is 1.47. The summed E-state index contributed by atoms with van der Waals surface area (Å²) in [5.41, 5.74) is 4.55.